The number of hydrogen-bond acceptors (Lipinski definition) is 3. The Hall–Kier alpha value is -2.36. The lowest BCUT2D eigenvalue weighted by Gasteiger charge is -2.32. The molecule has 1 saturated heterocycles. The molecule has 1 saturated carbocycles. The van der Waals surface area contributed by atoms with Crippen molar-refractivity contribution < 1.29 is 4.79 Å². The molecule has 2 aromatic rings. The van der Waals surface area contributed by atoms with Crippen LogP contribution in [0.4, 0.5) is 5.69 Å². The van der Waals surface area contributed by atoms with E-state index in [1.165, 1.54) is 31.2 Å². The number of nitrogens with one attached hydrogen (secondary N) is 1. The molecule has 2 aliphatic rings. The van der Waals surface area contributed by atoms with Gasteiger partial charge in [-0.25, -0.2) is 4.98 Å². The highest BCUT2D eigenvalue weighted by atomic mass is 16.2. The number of piperidine rings is 1. The minimum Gasteiger partial charge on any atom is -0.381 e. The molecule has 0 bridgehead atoms. The first-order valence-corrected chi connectivity index (χ1v) is 10.3. The summed E-state index contributed by atoms with van der Waals surface area (Å²) >= 11 is 0. The number of carbonyl (C=O) groups excluding carboxylic acids is 1. The fraction of sp³-hybridized carbons (Fsp3) is 0.478. The molecule has 4 heteroatoms. The lowest BCUT2D eigenvalue weighted by Crippen LogP contribution is -2.39. The predicted octanol–water partition coefficient (Wildman–Crippen LogP) is 4.53. The predicted molar refractivity (Wildman–Crippen MR) is 109 cm³/mol. The van der Waals surface area contributed by atoms with E-state index >= 15 is 0 Å². The molecule has 1 aliphatic heterocycles. The lowest BCUT2D eigenvalue weighted by atomic mass is 9.90. The standard InChI is InChI=1S/C23H29N3O/c27-23(22-11-10-21(17-24-22)25-20-8-4-5-9-20)26-14-12-19(13-15-26)16-18-6-2-1-3-7-18/h1-3,6-7,10-11,17,19-20,25H,4-5,8-9,12-16H2. The fourth-order valence-corrected chi connectivity index (χ4v) is 4.36. The molecule has 0 spiro atoms. The zero-order chi connectivity index (χ0) is 18.5. The summed E-state index contributed by atoms with van der Waals surface area (Å²) in [5, 5.41) is 3.53. The number of nitrogens with zero attached hydrogens (tertiary/aromatic N) is 2. The Kier molecular flexibility index (Phi) is 5.71. The number of likely N-dealkylation sites (tertiary alicyclic amines) is 1. The first-order valence-electron chi connectivity index (χ1n) is 10.3. The van der Waals surface area contributed by atoms with Crippen molar-refractivity contribution in [1.29, 1.82) is 0 Å². The number of anilines is 1. The van der Waals surface area contributed by atoms with Gasteiger partial charge in [-0.2, -0.15) is 0 Å². The molecule has 4 rings (SSSR count). The van der Waals surface area contributed by atoms with E-state index < -0.39 is 0 Å². The van der Waals surface area contributed by atoms with Gasteiger partial charge < -0.3 is 10.2 Å². The number of amides is 1. The largest absolute Gasteiger partial charge is 0.381 e. The van der Waals surface area contributed by atoms with Crippen LogP contribution in [-0.2, 0) is 6.42 Å². The molecular weight excluding hydrogens is 334 g/mol. The van der Waals surface area contributed by atoms with Crippen LogP contribution in [0.25, 0.3) is 0 Å². The van der Waals surface area contributed by atoms with E-state index in [2.05, 4.69) is 40.6 Å². The van der Waals surface area contributed by atoms with E-state index in [0.29, 0.717) is 17.7 Å². The SMILES string of the molecule is O=C(c1ccc(NC2CCCC2)cn1)N1CCC(Cc2ccccc2)CC1. The van der Waals surface area contributed by atoms with E-state index in [1.807, 2.05) is 23.2 Å². The minimum atomic E-state index is 0.0700. The molecule has 4 nitrogen and oxygen atoms in total. The van der Waals surface area contributed by atoms with Crippen molar-refractivity contribution in [3.05, 3.63) is 59.9 Å². The highest BCUT2D eigenvalue weighted by molar-refractivity contribution is 5.92. The number of benzene rings is 1. The number of aromatic nitrogens is 1. The average molecular weight is 364 g/mol. The summed E-state index contributed by atoms with van der Waals surface area (Å²) in [6.45, 7) is 1.67. The normalized spacial score (nSPS) is 18.6. The molecule has 1 aliphatic carbocycles. The third-order valence-corrected chi connectivity index (χ3v) is 5.98. The van der Waals surface area contributed by atoms with Gasteiger partial charge in [-0.1, -0.05) is 43.2 Å². The molecule has 27 heavy (non-hydrogen) atoms. The van der Waals surface area contributed by atoms with Crippen LogP contribution in [0.1, 0.15) is 54.6 Å². The molecule has 1 amide bonds. The topological polar surface area (TPSA) is 45.2 Å². The van der Waals surface area contributed by atoms with Crippen molar-refractivity contribution in [1.82, 2.24) is 9.88 Å². The first kappa shape index (κ1) is 18.0. The maximum Gasteiger partial charge on any atom is 0.272 e. The molecule has 1 aromatic heterocycles. The van der Waals surface area contributed by atoms with E-state index in [-0.39, 0.29) is 5.91 Å². The highest BCUT2D eigenvalue weighted by Crippen LogP contribution is 2.24. The van der Waals surface area contributed by atoms with E-state index in [9.17, 15) is 4.79 Å². The quantitative estimate of drug-likeness (QED) is 0.849. The van der Waals surface area contributed by atoms with Crippen LogP contribution in [0.15, 0.2) is 48.7 Å². The van der Waals surface area contributed by atoms with Crippen molar-refractivity contribution in [2.45, 2.75) is 51.0 Å². The maximum atomic E-state index is 12.8. The number of carbonyl (C=O) groups is 1. The van der Waals surface area contributed by atoms with Gasteiger partial charge in [0.2, 0.25) is 0 Å². The summed E-state index contributed by atoms with van der Waals surface area (Å²) < 4.78 is 0. The summed E-state index contributed by atoms with van der Waals surface area (Å²) in [5.74, 6) is 0.739. The molecule has 1 aromatic carbocycles. The van der Waals surface area contributed by atoms with Gasteiger partial charge >= 0.3 is 0 Å². The highest BCUT2D eigenvalue weighted by Gasteiger charge is 2.24. The van der Waals surface area contributed by atoms with Gasteiger partial charge in [0.15, 0.2) is 0 Å². The van der Waals surface area contributed by atoms with Gasteiger partial charge in [-0.3, -0.25) is 4.79 Å². The minimum absolute atomic E-state index is 0.0700. The zero-order valence-corrected chi connectivity index (χ0v) is 15.9. The second-order valence-electron chi connectivity index (χ2n) is 7.98. The number of pyridine rings is 1. The van der Waals surface area contributed by atoms with Crippen molar-refractivity contribution in [2.24, 2.45) is 5.92 Å². The van der Waals surface area contributed by atoms with Crippen molar-refractivity contribution in [3.8, 4) is 0 Å². The van der Waals surface area contributed by atoms with Crippen molar-refractivity contribution in [3.63, 3.8) is 0 Å². The second kappa shape index (κ2) is 8.55. The maximum absolute atomic E-state index is 12.8. The molecule has 142 valence electrons. The van der Waals surface area contributed by atoms with Gasteiger partial charge in [0.05, 0.1) is 11.9 Å². The molecule has 0 radical (unpaired) electrons. The van der Waals surface area contributed by atoms with Gasteiger partial charge in [0.1, 0.15) is 5.69 Å². The third kappa shape index (κ3) is 4.68. The monoisotopic (exact) mass is 363 g/mol. The number of rotatable bonds is 5. The Labute approximate surface area is 162 Å². The van der Waals surface area contributed by atoms with Gasteiger partial charge in [-0.05, 0) is 55.7 Å². The van der Waals surface area contributed by atoms with Crippen LogP contribution in [0.5, 0.6) is 0 Å². The van der Waals surface area contributed by atoms with Crippen LogP contribution < -0.4 is 5.32 Å². The molecule has 1 N–H and O–H groups in total. The second-order valence-corrected chi connectivity index (χ2v) is 7.98. The summed E-state index contributed by atoms with van der Waals surface area (Å²) in [4.78, 5) is 19.2. The van der Waals surface area contributed by atoms with Crippen LogP contribution in [0.3, 0.4) is 0 Å². The van der Waals surface area contributed by atoms with Crippen molar-refractivity contribution in [2.75, 3.05) is 18.4 Å². The van der Waals surface area contributed by atoms with Crippen LogP contribution in [0, 0.1) is 5.92 Å². The van der Waals surface area contributed by atoms with Crippen molar-refractivity contribution >= 4 is 11.6 Å². The Morgan fingerprint density at radius 2 is 1.74 bits per heavy atom. The summed E-state index contributed by atoms with van der Waals surface area (Å²) in [5.41, 5.74) is 2.99. The van der Waals surface area contributed by atoms with E-state index in [4.69, 9.17) is 0 Å². The summed E-state index contributed by atoms with van der Waals surface area (Å²) in [6.07, 6.45) is 10.2. The van der Waals surface area contributed by atoms with Gasteiger partial charge in [0, 0.05) is 19.1 Å². The molecule has 2 heterocycles. The van der Waals surface area contributed by atoms with Gasteiger partial charge in [0.25, 0.3) is 5.91 Å². The molecule has 0 unspecified atom stereocenters. The van der Waals surface area contributed by atoms with Crippen LogP contribution in [-0.4, -0.2) is 34.9 Å². The Morgan fingerprint density at radius 1 is 1.00 bits per heavy atom. The molecule has 0 atom stereocenters. The van der Waals surface area contributed by atoms with Crippen LogP contribution in [0.2, 0.25) is 0 Å². The smallest absolute Gasteiger partial charge is 0.272 e. The van der Waals surface area contributed by atoms with E-state index in [1.54, 1.807) is 0 Å². The van der Waals surface area contributed by atoms with Crippen LogP contribution >= 0.6 is 0 Å². The Morgan fingerprint density at radius 3 is 2.41 bits per heavy atom. The fourth-order valence-electron chi connectivity index (χ4n) is 4.36. The summed E-state index contributed by atoms with van der Waals surface area (Å²) in [7, 11) is 0. The third-order valence-electron chi connectivity index (χ3n) is 5.98. The summed E-state index contributed by atoms with van der Waals surface area (Å²) in [6, 6.07) is 15.1. The average Bonchev–Trinajstić information content (AvgIpc) is 3.22. The molecule has 2 fully saturated rings. The lowest BCUT2D eigenvalue weighted by molar-refractivity contribution is 0.0684. The zero-order valence-electron chi connectivity index (χ0n) is 15.9. The first-order chi connectivity index (χ1) is 13.3. The van der Waals surface area contributed by atoms with Gasteiger partial charge in [-0.15, -0.1) is 0 Å². The Bertz CT molecular complexity index is 730. The van der Waals surface area contributed by atoms with E-state index in [0.717, 1.165) is 38.0 Å². The number of hydrogen-bond donors (Lipinski definition) is 1. The Balaban J connectivity index is 1.28. The molecular formula is C23H29N3O.